The molecule has 1 atom stereocenters. The fourth-order valence-electron chi connectivity index (χ4n) is 2.08. The average molecular weight is 262 g/mol. The molecular formula is C13H14N2O4. The van der Waals surface area contributed by atoms with E-state index in [1.807, 2.05) is 0 Å². The van der Waals surface area contributed by atoms with Crippen molar-refractivity contribution in [2.75, 3.05) is 6.61 Å². The molecule has 0 spiro atoms. The van der Waals surface area contributed by atoms with Gasteiger partial charge in [-0.3, -0.25) is 14.9 Å². The van der Waals surface area contributed by atoms with E-state index in [4.69, 9.17) is 4.74 Å². The summed E-state index contributed by atoms with van der Waals surface area (Å²) >= 11 is 0. The Balaban J connectivity index is 2.55. The minimum atomic E-state index is -0.546. The van der Waals surface area contributed by atoms with Gasteiger partial charge in [0, 0.05) is 12.3 Å². The van der Waals surface area contributed by atoms with Crippen molar-refractivity contribution in [1.82, 2.24) is 4.98 Å². The molecule has 0 saturated heterocycles. The highest BCUT2D eigenvalue weighted by atomic mass is 16.6. The molecule has 0 aliphatic carbocycles. The zero-order valence-electron chi connectivity index (χ0n) is 10.7. The second kappa shape index (κ2) is 5.09. The van der Waals surface area contributed by atoms with E-state index in [2.05, 4.69) is 4.98 Å². The molecule has 0 saturated carbocycles. The number of rotatable bonds is 4. The molecule has 1 unspecified atom stereocenters. The van der Waals surface area contributed by atoms with Gasteiger partial charge in [0.1, 0.15) is 0 Å². The number of nitrogens with one attached hydrogen (secondary N) is 1. The smallest absolute Gasteiger partial charge is 0.313 e. The minimum absolute atomic E-state index is 0.00935. The molecule has 1 heterocycles. The maximum Gasteiger partial charge on any atom is 0.313 e. The van der Waals surface area contributed by atoms with E-state index in [-0.39, 0.29) is 18.3 Å². The molecule has 0 amide bonds. The number of ether oxygens (including phenoxy) is 1. The summed E-state index contributed by atoms with van der Waals surface area (Å²) in [5.41, 5.74) is 1.21. The van der Waals surface area contributed by atoms with Crippen molar-refractivity contribution in [2.24, 2.45) is 0 Å². The molecule has 2 rings (SSSR count). The van der Waals surface area contributed by atoms with Gasteiger partial charge in [0.05, 0.1) is 28.4 Å². The largest absolute Gasteiger partial charge is 0.466 e. The van der Waals surface area contributed by atoms with Crippen molar-refractivity contribution in [2.45, 2.75) is 19.8 Å². The number of aromatic nitrogens is 1. The topological polar surface area (TPSA) is 85.2 Å². The van der Waals surface area contributed by atoms with Crippen LogP contribution in [0.25, 0.3) is 10.9 Å². The zero-order valence-corrected chi connectivity index (χ0v) is 10.7. The summed E-state index contributed by atoms with van der Waals surface area (Å²) < 4.78 is 4.95. The summed E-state index contributed by atoms with van der Waals surface area (Å²) in [6.45, 7) is 3.69. The molecule has 6 heteroatoms. The Morgan fingerprint density at radius 3 is 2.89 bits per heavy atom. The average Bonchev–Trinajstić information content (AvgIpc) is 2.81. The van der Waals surface area contributed by atoms with Crippen molar-refractivity contribution < 1.29 is 14.5 Å². The fourth-order valence-corrected chi connectivity index (χ4v) is 2.08. The molecular weight excluding hydrogens is 248 g/mol. The molecule has 100 valence electrons. The number of hydrogen-bond acceptors (Lipinski definition) is 4. The van der Waals surface area contributed by atoms with Gasteiger partial charge in [-0.1, -0.05) is 6.07 Å². The number of carbonyl (C=O) groups excluding carboxylic acids is 1. The first-order valence-electron chi connectivity index (χ1n) is 5.97. The van der Waals surface area contributed by atoms with Crippen molar-refractivity contribution in [3.63, 3.8) is 0 Å². The first kappa shape index (κ1) is 13.1. The second-order valence-corrected chi connectivity index (χ2v) is 4.17. The summed E-state index contributed by atoms with van der Waals surface area (Å²) in [5, 5.41) is 11.5. The number of nitro groups is 1. The maximum atomic E-state index is 11.8. The number of H-pyrrole nitrogens is 1. The molecule has 1 aromatic heterocycles. The number of nitro benzene ring substituents is 1. The van der Waals surface area contributed by atoms with E-state index in [9.17, 15) is 14.9 Å². The number of carbonyl (C=O) groups is 1. The number of benzene rings is 1. The van der Waals surface area contributed by atoms with Gasteiger partial charge in [-0.2, -0.15) is 0 Å². The Labute approximate surface area is 109 Å². The molecule has 19 heavy (non-hydrogen) atoms. The van der Waals surface area contributed by atoms with Crippen LogP contribution in [0.1, 0.15) is 25.3 Å². The van der Waals surface area contributed by atoms with Gasteiger partial charge < -0.3 is 9.72 Å². The lowest BCUT2D eigenvalue weighted by Gasteiger charge is -2.09. The van der Waals surface area contributed by atoms with Crippen LogP contribution in [0.15, 0.2) is 24.4 Å². The van der Waals surface area contributed by atoms with Crippen LogP contribution in [0.2, 0.25) is 0 Å². The van der Waals surface area contributed by atoms with E-state index < -0.39 is 10.8 Å². The van der Waals surface area contributed by atoms with Crippen LogP contribution in [0, 0.1) is 10.1 Å². The molecule has 2 aromatic rings. The molecule has 1 N–H and O–H groups in total. The van der Waals surface area contributed by atoms with Gasteiger partial charge in [-0.15, -0.1) is 0 Å². The van der Waals surface area contributed by atoms with Gasteiger partial charge in [-0.25, -0.2) is 0 Å². The highest BCUT2D eigenvalue weighted by Gasteiger charge is 2.24. The van der Waals surface area contributed by atoms with E-state index in [1.165, 1.54) is 6.07 Å². The molecule has 0 fully saturated rings. The number of aromatic amines is 1. The van der Waals surface area contributed by atoms with E-state index in [0.29, 0.717) is 16.5 Å². The van der Waals surface area contributed by atoms with E-state index in [1.54, 1.807) is 32.2 Å². The third kappa shape index (κ3) is 2.29. The van der Waals surface area contributed by atoms with Crippen molar-refractivity contribution >= 4 is 22.6 Å². The minimum Gasteiger partial charge on any atom is -0.466 e. The Kier molecular flexibility index (Phi) is 3.50. The Hall–Kier alpha value is -2.37. The van der Waals surface area contributed by atoms with Crippen LogP contribution in [-0.4, -0.2) is 22.5 Å². The summed E-state index contributed by atoms with van der Waals surface area (Å²) in [5.74, 6) is -0.934. The molecule has 6 nitrogen and oxygen atoms in total. The highest BCUT2D eigenvalue weighted by Crippen LogP contribution is 2.33. The molecule has 0 radical (unpaired) electrons. The normalized spacial score (nSPS) is 12.3. The highest BCUT2D eigenvalue weighted by molar-refractivity contribution is 5.95. The predicted molar refractivity (Wildman–Crippen MR) is 70.0 cm³/mol. The van der Waals surface area contributed by atoms with E-state index in [0.717, 1.165) is 0 Å². The van der Waals surface area contributed by atoms with Gasteiger partial charge in [0.25, 0.3) is 5.69 Å². The zero-order chi connectivity index (χ0) is 14.0. The van der Waals surface area contributed by atoms with Gasteiger partial charge >= 0.3 is 5.97 Å². The SMILES string of the molecule is CCOC(=O)C(C)c1c[nH]c2cccc([N+](=O)[O-])c12. The first-order valence-corrected chi connectivity index (χ1v) is 5.97. The molecule has 0 aliphatic rings. The summed E-state index contributed by atoms with van der Waals surface area (Å²) in [7, 11) is 0. The van der Waals surface area contributed by atoms with Crippen LogP contribution in [-0.2, 0) is 9.53 Å². The lowest BCUT2D eigenvalue weighted by Crippen LogP contribution is -2.12. The Morgan fingerprint density at radius 2 is 2.26 bits per heavy atom. The predicted octanol–water partition coefficient (Wildman–Crippen LogP) is 2.74. The fraction of sp³-hybridized carbons (Fsp3) is 0.308. The van der Waals surface area contributed by atoms with Gasteiger partial charge in [-0.05, 0) is 25.5 Å². The van der Waals surface area contributed by atoms with Crippen LogP contribution < -0.4 is 0 Å². The number of fused-ring (bicyclic) bond motifs is 1. The van der Waals surface area contributed by atoms with Gasteiger partial charge in [0.2, 0.25) is 0 Å². The standard InChI is InChI=1S/C13H14N2O4/c1-3-19-13(16)8(2)9-7-14-10-5-4-6-11(12(9)10)15(17)18/h4-8,14H,3H2,1-2H3. The third-order valence-electron chi connectivity index (χ3n) is 3.02. The number of non-ortho nitro benzene ring substituents is 1. The molecule has 0 aliphatic heterocycles. The van der Waals surface area contributed by atoms with E-state index >= 15 is 0 Å². The lowest BCUT2D eigenvalue weighted by atomic mass is 9.99. The molecule has 1 aromatic carbocycles. The summed E-state index contributed by atoms with van der Waals surface area (Å²) in [6, 6.07) is 4.77. The first-order chi connectivity index (χ1) is 9.06. The van der Waals surface area contributed by atoms with Gasteiger partial charge in [0.15, 0.2) is 0 Å². The third-order valence-corrected chi connectivity index (χ3v) is 3.02. The summed E-state index contributed by atoms with van der Waals surface area (Å²) in [4.78, 5) is 25.3. The van der Waals surface area contributed by atoms with Crippen LogP contribution >= 0.6 is 0 Å². The number of nitrogens with zero attached hydrogens (tertiary/aromatic N) is 1. The number of esters is 1. The van der Waals surface area contributed by atoms with Crippen molar-refractivity contribution in [1.29, 1.82) is 0 Å². The molecule has 0 bridgehead atoms. The maximum absolute atomic E-state index is 11.8. The lowest BCUT2D eigenvalue weighted by molar-refractivity contribution is -0.383. The second-order valence-electron chi connectivity index (χ2n) is 4.17. The van der Waals surface area contributed by atoms with Crippen LogP contribution in [0.4, 0.5) is 5.69 Å². The monoisotopic (exact) mass is 262 g/mol. The van der Waals surface area contributed by atoms with Crippen molar-refractivity contribution in [3.8, 4) is 0 Å². The quantitative estimate of drug-likeness (QED) is 0.521. The van der Waals surface area contributed by atoms with Crippen LogP contribution in [0.5, 0.6) is 0 Å². The number of hydrogen-bond donors (Lipinski definition) is 1. The van der Waals surface area contributed by atoms with Crippen LogP contribution in [0.3, 0.4) is 0 Å². The summed E-state index contributed by atoms with van der Waals surface area (Å²) in [6.07, 6.45) is 1.62. The van der Waals surface area contributed by atoms with Crippen molar-refractivity contribution in [3.05, 3.63) is 40.1 Å². The Bertz CT molecular complexity index is 633. The Morgan fingerprint density at radius 1 is 1.53 bits per heavy atom.